The SMILES string of the molecule is COc1ccc(Nc2cc(N3CCCCC3)ncn2)cc1Cl. The minimum atomic E-state index is 0.567. The van der Waals surface area contributed by atoms with Crippen LogP contribution in [0.4, 0.5) is 17.3 Å². The van der Waals surface area contributed by atoms with Gasteiger partial charge in [-0.05, 0) is 37.5 Å². The topological polar surface area (TPSA) is 50.3 Å². The van der Waals surface area contributed by atoms with E-state index in [1.54, 1.807) is 13.4 Å². The molecule has 2 heterocycles. The molecule has 2 aromatic rings. The number of methoxy groups -OCH3 is 1. The summed E-state index contributed by atoms with van der Waals surface area (Å²) < 4.78 is 5.16. The van der Waals surface area contributed by atoms with Crippen LogP contribution >= 0.6 is 11.6 Å². The fourth-order valence-corrected chi connectivity index (χ4v) is 2.86. The van der Waals surface area contributed by atoms with Gasteiger partial charge < -0.3 is 15.0 Å². The summed E-state index contributed by atoms with van der Waals surface area (Å²) in [6, 6.07) is 7.54. The molecule has 0 unspecified atom stereocenters. The van der Waals surface area contributed by atoms with Crippen LogP contribution in [-0.2, 0) is 0 Å². The second kappa shape index (κ2) is 6.83. The zero-order chi connectivity index (χ0) is 15.4. The second-order valence-electron chi connectivity index (χ2n) is 5.28. The molecule has 1 aromatic heterocycles. The summed E-state index contributed by atoms with van der Waals surface area (Å²) in [6.45, 7) is 2.12. The number of aromatic nitrogens is 2. The number of hydrogen-bond acceptors (Lipinski definition) is 5. The van der Waals surface area contributed by atoms with Gasteiger partial charge in [0.05, 0.1) is 12.1 Å². The summed E-state index contributed by atoms with van der Waals surface area (Å²) in [5.74, 6) is 2.39. The number of nitrogens with zero attached hydrogens (tertiary/aromatic N) is 3. The van der Waals surface area contributed by atoms with E-state index in [1.807, 2.05) is 24.3 Å². The summed E-state index contributed by atoms with van der Waals surface area (Å²) in [4.78, 5) is 11.0. The predicted octanol–water partition coefficient (Wildman–Crippen LogP) is 3.87. The Bertz CT molecular complexity index is 644. The molecule has 1 aliphatic heterocycles. The summed E-state index contributed by atoms with van der Waals surface area (Å²) in [5.41, 5.74) is 0.870. The second-order valence-corrected chi connectivity index (χ2v) is 5.69. The van der Waals surface area contributed by atoms with E-state index in [9.17, 15) is 0 Å². The zero-order valence-electron chi connectivity index (χ0n) is 12.6. The van der Waals surface area contributed by atoms with Crippen LogP contribution in [0.3, 0.4) is 0 Å². The van der Waals surface area contributed by atoms with Gasteiger partial charge in [-0.25, -0.2) is 9.97 Å². The van der Waals surface area contributed by atoms with Crippen LogP contribution in [0, 0.1) is 0 Å². The van der Waals surface area contributed by atoms with Crippen molar-refractivity contribution in [3.05, 3.63) is 35.6 Å². The number of piperidine rings is 1. The third-order valence-corrected chi connectivity index (χ3v) is 4.05. The molecule has 3 rings (SSSR count). The van der Waals surface area contributed by atoms with E-state index in [0.29, 0.717) is 10.8 Å². The molecule has 0 radical (unpaired) electrons. The van der Waals surface area contributed by atoms with Gasteiger partial charge in [0.25, 0.3) is 0 Å². The standard InChI is InChI=1S/C16H19ClN4O/c1-22-14-6-5-12(9-13(14)17)20-15-10-16(19-11-18-15)21-7-3-2-4-8-21/h5-6,9-11H,2-4,7-8H2,1H3,(H,18,19,20). The lowest BCUT2D eigenvalue weighted by atomic mass is 10.1. The summed E-state index contributed by atoms with van der Waals surface area (Å²) in [6.07, 6.45) is 5.34. The normalized spacial score (nSPS) is 14.7. The Morgan fingerprint density at radius 2 is 1.95 bits per heavy atom. The van der Waals surface area contributed by atoms with Crippen LogP contribution in [-0.4, -0.2) is 30.2 Å². The van der Waals surface area contributed by atoms with E-state index in [0.717, 1.165) is 30.4 Å². The first-order chi connectivity index (χ1) is 10.8. The van der Waals surface area contributed by atoms with Crippen LogP contribution in [0.25, 0.3) is 0 Å². The van der Waals surface area contributed by atoms with Crippen molar-refractivity contribution in [3.8, 4) is 5.75 Å². The molecule has 116 valence electrons. The number of benzene rings is 1. The summed E-state index contributed by atoms with van der Waals surface area (Å²) >= 11 is 6.14. The molecule has 0 saturated carbocycles. The highest BCUT2D eigenvalue weighted by Crippen LogP contribution is 2.29. The average molecular weight is 319 g/mol. The number of nitrogens with one attached hydrogen (secondary N) is 1. The maximum Gasteiger partial charge on any atom is 0.137 e. The fraction of sp³-hybridized carbons (Fsp3) is 0.375. The molecule has 0 bridgehead atoms. The first kappa shape index (κ1) is 14.9. The number of hydrogen-bond donors (Lipinski definition) is 1. The molecule has 5 nitrogen and oxygen atoms in total. The summed E-state index contributed by atoms with van der Waals surface area (Å²) in [7, 11) is 1.60. The van der Waals surface area contributed by atoms with Crippen molar-refractivity contribution in [1.29, 1.82) is 0 Å². The molecule has 0 atom stereocenters. The lowest BCUT2D eigenvalue weighted by molar-refractivity contribution is 0.415. The van der Waals surface area contributed by atoms with E-state index >= 15 is 0 Å². The van der Waals surface area contributed by atoms with Gasteiger partial charge >= 0.3 is 0 Å². The van der Waals surface area contributed by atoms with Crippen LogP contribution in [0.1, 0.15) is 19.3 Å². The Morgan fingerprint density at radius 3 is 2.68 bits per heavy atom. The van der Waals surface area contributed by atoms with Gasteiger partial charge in [-0.3, -0.25) is 0 Å². The van der Waals surface area contributed by atoms with E-state index in [4.69, 9.17) is 16.3 Å². The molecule has 0 spiro atoms. The van der Waals surface area contributed by atoms with Crippen molar-refractivity contribution in [1.82, 2.24) is 9.97 Å². The van der Waals surface area contributed by atoms with Crippen molar-refractivity contribution in [2.24, 2.45) is 0 Å². The zero-order valence-corrected chi connectivity index (χ0v) is 13.3. The highest BCUT2D eigenvalue weighted by Gasteiger charge is 2.13. The van der Waals surface area contributed by atoms with Crippen molar-refractivity contribution >= 4 is 28.9 Å². The smallest absolute Gasteiger partial charge is 0.137 e. The van der Waals surface area contributed by atoms with E-state index in [2.05, 4.69) is 20.2 Å². The van der Waals surface area contributed by atoms with E-state index in [1.165, 1.54) is 19.3 Å². The van der Waals surface area contributed by atoms with Gasteiger partial charge in [-0.1, -0.05) is 11.6 Å². The van der Waals surface area contributed by atoms with Gasteiger partial charge in [0.1, 0.15) is 23.7 Å². The van der Waals surface area contributed by atoms with Gasteiger partial charge in [-0.2, -0.15) is 0 Å². The van der Waals surface area contributed by atoms with E-state index in [-0.39, 0.29) is 0 Å². The van der Waals surface area contributed by atoms with Crippen molar-refractivity contribution in [2.45, 2.75) is 19.3 Å². The Hall–Kier alpha value is -2.01. The Morgan fingerprint density at radius 1 is 1.14 bits per heavy atom. The average Bonchev–Trinajstić information content (AvgIpc) is 2.56. The first-order valence-electron chi connectivity index (χ1n) is 7.44. The predicted molar refractivity (Wildman–Crippen MR) is 89.4 cm³/mol. The van der Waals surface area contributed by atoms with Crippen molar-refractivity contribution in [2.75, 3.05) is 30.4 Å². The summed E-state index contributed by atoms with van der Waals surface area (Å²) in [5, 5.41) is 3.83. The van der Waals surface area contributed by atoms with Crippen LogP contribution in [0.2, 0.25) is 5.02 Å². The molecule has 1 fully saturated rings. The molecule has 0 amide bonds. The monoisotopic (exact) mass is 318 g/mol. The van der Waals surface area contributed by atoms with Crippen molar-refractivity contribution in [3.63, 3.8) is 0 Å². The molecule has 1 N–H and O–H groups in total. The lowest BCUT2D eigenvalue weighted by Gasteiger charge is -2.27. The first-order valence-corrected chi connectivity index (χ1v) is 7.81. The molecule has 1 aromatic carbocycles. The minimum absolute atomic E-state index is 0.567. The number of ether oxygens (including phenoxy) is 1. The highest BCUT2D eigenvalue weighted by atomic mass is 35.5. The van der Waals surface area contributed by atoms with Crippen LogP contribution in [0.5, 0.6) is 5.75 Å². The Kier molecular flexibility index (Phi) is 4.63. The van der Waals surface area contributed by atoms with Gasteiger partial charge in [0.15, 0.2) is 0 Å². The van der Waals surface area contributed by atoms with Crippen molar-refractivity contribution < 1.29 is 4.74 Å². The lowest BCUT2D eigenvalue weighted by Crippen LogP contribution is -2.30. The molecule has 6 heteroatoms. The quantitative estimate of drug-likeness (QED) is 0.927. The van der Waals surface area contributed by atoms with Crippen LogP contribution in [0.15, 0.2) is 30.6 Å². The van der Waals surface area contributed by atoms with Gasteiger partial charge in [0, 0.05) is 24.8 Å². The third-order valence-electron chi connectivity index (χ3n) is 3.76. The maximum absolute atomic E-state index is 6.14. The number of rotatable bonds is 4. The minimum Gasteiger partial charge on any atom is -0.495 e. The Balaban J connectivity index is 1.76. The van der Waals surface area contributed by atoms with E-state index < -0.39 is 0 Å². The molecule has 0 aliphatic carbocycles. The highest BCUT2D eigenvalue weighted by molar-refractivity contribution is 6.32. The fourth-order valence-electron chi connectivity index (χ4n) is 2.60. The molecule has 22 heavy (non-hydrogen) atoms. The van der Waals surface area contributed by atoms with Crippen LogP contribution < -0.4 is 15.0 Å². The largest absolute Gasteiger partial charge is 0.495 e. The third kappa shape index (κ3) is 3.42. The Labute approximate surface area is 135 Å². The number of halogens is 1. The van der Waals surface area contributed by atoms with Gasteiger partial charge in [-0.15, -0.1) is 0 Å². The number of anilines is 3. The molecule has 1 saturated heterocycles. The molecule has 1 aliphatic rings. The molecular weight excluding hydrogens is 300 g/mol. The molecular formula is C16H19ClN4O. The maximum atomic E-state index is 6.14. The van der Waals surface area contributed by atoms with Gasteiger partial charge in [0.2, 0.25) is 0 Å².